The summed E-state index contributed by atoms with van der Waals surface area (Å²) in [6.45, 7) is 20.3. The van der Waals surface area contributed by atoms with E-state index in [1.165, 1.54) is 11.1 Å². The topological polar surface area (TPSA) is 21.3 Å². The van der Waals surface area contributed by atoms with Gasteiger partial charge in [-0.3, -0.25) is 0 Å². The summed E-state index contributed by atoms with van der Waals surface area (Å²) in [5.41, 5.74) is 2.84. The molecule has 0 heterocycles. The number of allylic oxidation sites excluding steroid dienone is 1. The predicted octanol–water partition coefficient (Wildman–Crippen LogP) is 6.45. The fourth-order valence-corrected chi connectivity index (χ4v) is 63.0. The molecule has 2 nitrogen and oxygen atoms in total. The molecule has 1 aliphatic carbocycles. The van der Waals surface area contributed by atoms with E-state index in [0.29, 0.717) is 4.22 Å². The van der Waals surface area contributed by atoms with Gasteiger partial charge in [-0.05, 0) is 0 Å². The maximum Gasteiger partial charge on any atom is -0.147 e. The van der Waals surface area contributed by atoms with Crippen LogP contribution in [-0.2, 0) is 14.4 Å². The number of fused-ring (bicyclic) bond motifs is 1. The summed E-state index contributed by atoms with van der Waals surface area (Å²) in [6, 6.07) is 8.99. The first-order chi connectivity index (χ1) is 11.9. The molecule has 0 saturated heterocycles. The van der Waals surface area contributed by atoms with E-state index in [4.69, 9.17) is 3.01 Å². The van der Waals surface area contributed by atoms with Crippen LogP contribution in [0.15, 0.2) is 30.3 Å². The Hall–Kier alpha value is 0.825. The molecule has 1 aromatic carbocycles. The van der Waals surface area contributed by atoms with Crippen molar-refractivity contribution in [2.45, 2.75) is 80.1 Å². The average molecular weight is 531 g/mol. The number of halogens is 2. The Morgan fingerprint density at radius 1 is 1.14 bits per heavy atom. The fraction of sp³-hybridized carbons (Fsp3) is 0.619. The minimum Gasteiger partial charge on any atom is -0.147 e. The van der Waals surface area contributed by atoms with Gasteiger partial charge in [-0.15, -0.1) is 24.8 Å². The van der Waals surface area contributed by atoms with Gasteiger partial charge in [0, 0.05) is 0 Å². The van der Waals surface area contributed by atoms with E-state index < -0.39 is 26.4 Å². The summed E-state index contributed by atoms with van der Waals surface area (Å²) in [7, 11) is 0.467. The van der Waals surface area contributed by atoms with Crippen LogP contribution >= 0.6 is 24.8 Å². The van der Waals surface area contributed by atoms with Crippen LogP contribution in [0.25, 0.3) is 6.08 Å². The van der Waals surface area contributed by atoms with Crippen molar-refractivity contribution in [3.05, 3.63) is 41.5 Å². The molecular weight excluding hydrogens is 485 g/mol. The first-order valence-corrected chi connectivity index (χ1v) is 28.6. The number of hydrogen-bond donors (Lipinski definition) is 1. The molecule has 0 bridgehead atoms. The Balaban J connectivity index is 0.00000392. The van der Waals surface area contributed by atoms with Crippen LogP contribution < -0.4 is 3.80 Å². The Morgan fingerprint density at radius 2 is 1.66 bits per heavy atom. The first kappa shape index (κ1) is 29.8. The third-order valence-electron chi connectivity index (χ3n) is 8.19. The Morgan fingerprint density at radius 3 is 2.07 bits per heavy atom. The summed E-state index contributed by atoms with van der Waals surface area (Å²) in [5.74, 6) is 0. The maximum atomic E-state index is 7.84. The molecule has 2 rings (SSSR count). The van der Waals surface area contributed by atoms with E-state index in [1.54, 1.807) is 0 Å². The molecule has 0 aromatic heterocycles. The molecule has 1 aromatic rings. The largest absolute Gasteiger partial charge is 0.147 e. The quantitative estimate of drug-likeness (QED) is 0.427. The minimum atomic E-state index is -4.79. The van der Waals surface area contributed by atoms with Crippen molar-refractivity contribution in [1.29, 1.82) is 0 Å². The second-order valence-electron chi connectivity index (χ2n) is 12.8. The monoisotopic (exact) mass is 529 g/mol. The van der Waals surface area contributed by atoms with Crippen molar-refractivity contribution in [2.75, 3.05) is 0 Å². The van der Waals surface area contributed by atoms with Crippen molar-refractivity contribution in [3.8, 4) is 0 Å². The number of nitrogens with one attached hydrogen (secondary N) is 1. The second kappa shape index (κ2) is 7.42. The Kier molecular flexibility index (Phi) is 7.64. The number of rotatable bonds is 6. The van der Waals surface area contributed by atoms with Crippen LogP contribution in [0.5, 0.6) is 0 Å². The van der Waals surface area contributed by atoms with E-state index in [0.717, 1.165) is 4.73 Å². The van der Waals surface area contributed by atoms with E-state index >= 15 is 0 Å². The minimum absolute atomic E-state index is 0. The fourth-order valence-electron chi connectivity index (χ4n) is 6.55. The molecular formula is C21H45Cl2NOSi3Ti. The summed E-state index contributed by atoms with van der Waals surface area (Å²) < 4.78 is 13.7. The summed E-state index contributed by atoms with van der Waals surface area (Å²) in [4.78, 5) is 0. The van der Waals surface area contributed by atoms with Gasteiger partial charge in [-0.25, -0.2) is 0 Å². The van der Waals surface area contributed by atoms with E-state index in [2.05, 4.69) is 114 Å². The molecule has 170 valence electrons. The first-order valence-electron chi connectivity index (χ1n) is 10.6. The standard InChI is InChI=1S/C9H7.C4H10N.C3H9OSi.C2H7Si.C2H5.CH3.2ClH.H2Si.Ti/c1-2-5-9-7-3-6-8(9)4-1;1-4(2,3)5;1-5(2,3)4;1-3-2;1-2;;;;;/h1-7H;5H,1-3H3;1-3H3;3H,1-2H3;1H2,2H3;1H3;2*1H;1H2;/q;2*-1;;;;;;;+2. The third-order valence-corrected chi connectivity index (χ3v) is 75.2. The van der Waals surface area contributed by atoms with Crippen LogP contribution in [0.2, 0.25) is 42.7 Å². The molecule has 1 atom stereocenters. The van der Waals surface area contributed by atoms with Gasteiger partial charge in [0.2, 0.25) is 0 Å². The molecule has 1 unspecified atom stereocenters. The molecule has 1 aliphatic rings. The van der Waals surface area contributed by atoms with Gasteiger partial charge in [0.05, 0.1) is 0 Å². The zero-order chi connectivity index (χ0) is 21.1. The zero-order valence-corrected chi connectivity index (χ0v) is 27.0. The molecule has 1 N–H and O–H groups in total. The summed E-state index contributed by atoms with van der Waals surface area (Å²) >= 11 is -4.79. The van der Waals surface area contributed by atoms with Gasteiger partial charge in [0.1, 0.15) is 0 Å². The predicted molar refractivity (Wildman–Crippen MR) is 144 cm³/mol. The average Bonchev–Trinajstić information content (AvgIpc) is 2.89. The van der Waals surface area contributed by atoms with Crippen LogP contribution in [-0.4, -0.2) is 28.2 Å². The molecule has 0 fully saturated rings. The smallest absolute Gasteiger partial charge is 0.147 e. The van der Waals surface area contributed by atoms with E-state index in [-0.39, 0.29) is 30.4 Å². The molecule has 0 saturated carbocycles. The van der Waals surface area contributed by atoms with Crippen LogP contribution in [0.4, 0.5) is 0 Å². The van der Waals surface area contributed by atoms with Crippen molar-refractivity contribution >= 4 is 53.5 Å². The SMILES string of the molecule is C[CH2][Ti]([CH3])(=[SiH2])([NH]C(C)(C)C)([O][Si](C)(C)C)([CH]1C=Cc2ccccc21)[SiH](C)C.Cl.Cl. The van der Waals surface area contributed by atoms with Gasteiger partial charge in [0.15, 0.2) is 0 Å². The summed E-state index contributed by atoms with van der Waals surface area (Å²) in [6.07, 6.45) is 4.86. The number of hydrogen-bond acceptors (Lipinski definition) is 2. The molecule has 8 heteroatoms. The van der Waals surface area contributed by atoms with Crippen LogP contribution in [0.1, 0.15) is 43.0 Å². The van der Waals surface area contributed by atoms with Crippen molar-refractivity contribution in [1.82, 2.24) is 3.80 Å². The third kappa shape index (κ3) is 4.38. The molecule has 0 radical (unpaired) electrons. The molecule has 0 amide bonds. The van der Waals surface area contributed by atoms with Crippen LogP contribution in [0, 0.1) is 0 Å². The van der Waals surface area contributed by atoms with Gasteiger partial charge >= 0.3 is 168 Å². The normalized spacial score (nSPS) is 20.5. The maximum absolute atomic E-state index is 7.84. The molecule has 0 aliphatic heterocycles. The van der Waals surface area contributed by atoms with Crippen LogP contribution in [0.3, 0.4) is 0 Å². The molecule has 0 spiro atoms. The Bertz CT molecular complexity index is 909. The zero-order valence-electron chi connectivity index (χ0n) is 20.3. The Labute approximate surface area is 192 Å². The van der Waals surface area contributed by atoms with Gasteiger partial charge in [0.25, 0.3) is 0 Å². The number of benzene rings is 1. The van der Waals surface area contributed by atoms with E-state index in [9.17, 15) is 0 Å². The van der Waals surface area contributed by atoms with Crippen molar-refractivity contribution in [3.63, 3.8) is 0 Å². The van der Waals surface area contributed by atoms with E-state index in [1.807, 2.05) is 0 Å². The summed E-state index contributed by atoms with van der Waals surface area (Å²) in [5, 5.41) is 2.65. The van der Waals surface area contributed by atoms with Gasteiger partial charge in [-0.1, -0.05) is 0 Å². The van der Waals surface area contributed by atoms with Crippen molar-refractivity contribution < 1.29 is 14.4 Å². The van der Waals surface area contributed by atoms with Gasteiger partial charge < -0.3 is 0 Å². The van der Waals surface area contributed by atoms with Crippen molar-refractivity contribution in [2.24, 2.45) is 0 Å². The van der Waals surface area contributed by atoms with Gasteiger partial charge in [-0.2, -0.15) is 0 Å². The molecule has 29 heavy (non-hydrogen) atoms. The second-order valence-corrected chi connectivity index (χ2v) is 65.3.